The molecular weight excluding hydrogens is 235 g/mol. The van der Waals surface area contributed by atoms with Crippen molar-refractivity contribution in [1.82, 2.24) is 4.98 Å². The van der Waals surface area contributed by atoms with Crippen LogP contribution in [-0.4, -0.2) is 4.98 Å². The number of nitrogens with zero attached hydrogens (tertiary/aromatic N) is 1. The molecule has 0 radical (unpaired) electrons. The topological polar surface area (TPSA) is 38.9 Å². The number of hydrogen-bond acceptors (Lipinski definition) is 3. The van der Waals surface area contributed by atoms with Gasteiger partial charge in [0, 0.05) is 16.1 Å². The SMILES string of the molecule is NC(c1cncs1)c1cc(F)ccc1Cl. The highest BCUT2D eigenvalue weighted by atomic mass is 35.5. The Kier molecular flexibility index (Phi) is 3.00. The Morgan fingerprint density at radius 2 is 2.27 bits per heavy atom. The smallest absolute Gasteiger partial charge is 0.123 e. The minimum Gasteiger partial charge on any atom is -0.320 e. The average molecular weight is 243 g/mol. The van der Waals surface area contributed by atoms with Gasteiger partial charge in [0.05, 0.1) is 11.6 Å². The van der Waals surface area contributed by atoms with Gasteiger partial charge in [-0.05, 0) is 23.8 Å². The van der Waals surface area contributed by atoms with E-state index in [4.69, 9.17) is 17.3 Å². The molecule has 2 nitrogen and oxygen atoms in total. The molecule has 0 fully saturated rings. The van der Waals surface area contributed by atoms with Crippen molar-refractivity contribution in [2.24, 2.45) is 5.73 Å². The lowest BCUT2D eigenvalue weighted by atomic mass is 10.1. The second kappa shape index (κ2) is 4.26. The van der Waals surface area contributed by atoms with E-state index in [9.17, 15) is 4.39 Å². The average Bonchev–Trinajstić information content (AvgIpc) is 2.74. The molecule has 1 atom stereocenters. The van der Waals surface area contributed by atoms with E-state index in [1.54, 1.807) is 11.7 Å². The largest absolute Gasteiger partial charge is 0.320 e. The molecule has 0 spiro atoms. The van der Waals surface area contributed by atoms with Crippen molar-refractivity contribution in [3.8, 4) is 0 Å². The highest BCUT2D eigenvalue weighted by Gasteiger charge is 2.14. The van der Waals surface area contributed by atoms with E-state index >= 15 is 0 Å². The van der Waals surface area contributed by atoms with Crippen molar-refractivity contribution < 1.29 is 4.39 Å². The molecule has 2 rings (SSSR count). The Bertz CT molecular complexity index is 458. The van der Waals surface area contributed by atoms with Crippen LogP contribution >= 0.6 is 22.9 Å². The molecule has 1 heterocycles. The number of nitrogens with two attached hydrogens (primary N) is 1. The molecule has 15 heavy (non-hydrogen) atoms. The van der Waals surface area contributed by atoms with Crippen molar-refractivity contribution in [2.45, 2.75) is 6.04 Å². The van der Waals surface area contributed by atoms with Crippen LogP contribution in [0, 0.1) is 5.82 Å². The van der Waals surface area contributed by atoms with Crippen molar-refractivity contribution in [1.29, 1.82) is 0 Å². The summed E-state index contributed by atoms with van der Waals surface area (Å²) in [5.41, 5.74) is 8.22. The summed E-state index contributed by atoms with van der Waals surface area (Å²) >= 11 is 7.37. The van der Waals surface area contributed by atoms with Crippen molar-refractivity contribution >= 4 is 22.9 Å². The van der Waals surface area contributed by atoms with Crippen LogP contribution in [-0.2, 0) is 0 Å². The van der Waals surface area contributed by atoms with Gasteiger partial charge in [-0.1, -0.05) is 11.6 Å². The molecule has 0 aliphatic heterocycles. The Labute approximate surface area is 95.5 Å². The fraction of sp³-hybridized carbons (Fsp3) is 0.100. The molecule has 0 aliphatic rings. The first-order valence-corrected chi connectivity index (χ1v) is 5.53. The Balaban J connectivity index is 2.41. The first-order chi connectivity index (χ1) is 7.18. The first kappa shape index (κ1) is 10.5. The third kappa shape index (κ3) is 2.17. The lowest BCUT2D eigenvalue weighted by Gasteiger charge is -2.11. The molecule has 2 N–H and O–H groups in total. The predicted octanol–water partition coefficient (Wildman–Crippen LogP) is 2.98. The third-order valence-electron chi connectivity index (χ3n) is 2.05. The number of hydrogen-bond donors (Lipinski definition) is 1. The van der Waals surface area contributed by atoms with Gasteiger partial charge in [0.2, 0.25) is 0 Å². The van der Waals surface area contributed by atoms with Crippen molar-refractivity contribution in [2.75, 3.05) is 0 Å². The first-order valence-electron chi connectivity index (χ1n) is 4.27. The second-order valence-electron chi connectivity index (χ2n) is 3.05. The summed E-state index contributed by atoms with van der Waals surface area (Å²) in [6, 6.07) is 3.76. The lowest BCUT2D eigenvalue weighted by Crippen LogP contribution is -2.11. The summed E-state index contributed by atoms with van der Waals surface area (Å²) in [5.74, 6) is -0.339. The Hall–Kier alpha value is -0.970. The van der Waals surface area contributed by atoms with E-state index in [1.807, 2.05) is 0 Å². The summed E-state index contributed by atoms with van der Waals surface area (Å²) < 4.78 is 13.0. The highest BCUT2D eigenvalue weighted by molar-refractivity contribution is 7.09. The van der Waals surface area contributed by atoms with E-state index in [-0.39, 0.29) is 5.82 Å². The van der Waals surface area contributed by atoms with Gasteiger partial charge in [-0.3, -0.25) is 4.98 Å². The minimum atomic E-state index is -0.416. The van der Waals surface area contributed by atoms with Crippen LogP contribution in [0.5, 0.6) is 0 Å². The summed E-state index contributed by atoms with van der Waals surface area (Å²) in [5, 5.41) is 0.470. The maximum Gasteiger partial charge on any atom is 0.123 e. The fourth-order valence-corrected chi connectivity index (χ4v) is 2.16. The zero-order valence-corrected chi connectivity index (χ0v) is 9.23. The van der Waals surface area contributed by atoms with Crippen molar-refractivity contribution in [3.63, 3.8) is 0 Å². The van der Waals surface area contributed by atoms with E-state index in [0.29, 0.717) is 10.6 Å². The van der Waals surface area contributed by atoms with E-state index in [2.05, 4.69) is 4.98 Å². The van der Waals surface area contributed by atoms with Gasteiger partial charge in [0.1, 0.15) is 5.82 Å². The Morgan fingerprint density at radius 3 is 2.93 bits per heavy atom. The third-order valence-corrected chi connectivity index (χ3v) is 3.25. The molecule has 0 bridgehead atoms. The number of rotatable bonds is 2. The molecule has 1 aromatic carbocycles. The minimum absolute atomic E-state index is 0.339. The zero-order valence-electron chi connectivity index (χ0n) is 7.65. The molecule has 0 saturated carbocycles. The molecule has 5 heteroatoms. The van der Waals surface area contributed by atoms with Crippen LogP contribution in [0.4, 0.5) is 4.39 Å². The summed E-state index contributed by atoms with van der Waals surface area (Å²) in [4.78, 5) is 4.79. The van der Waals surface area contributed by atoms with Gasteiger partial charge in [-0.2, -0.15) is 0 Å². The van der Waals surface area contributed by atoms with E-state index in [1.165, 1.54) is 29.5 Å². The van der Waals surface area contributed by atoms with Gasteiger partial charge >= 0.3 is 0 Å². The summed E-state index contributed by atoms with van der Waals surface area (Å²) in [6.45, 7) is 0. The number of halogens is 2. The van der Waals surface area contributed by atoms with Gasteiger partial charge in [-0.25, -0.2) is 4.39 Å². The van der Waals surface area contributed by atoms with Gasteiger partial charge < -0.3 is 5.73 Å². The summed E-state index contributed by atoms with van der Waals surface area (Å²) in [7, 11) is 0. The maximum atomic E-state index is 13.0. The van der Waals surface area contributed by atoms with Crippen LogP contribution < -0.4 is 5.73 Å². The molecular formula is C10H8ClFN2S. The molecule has 0 saturated heterocycles. The van der Waals surface area contributed by atoms with Crippen LogP contribution in [0.3, 0.4) is 0 Å². The summed E-state index contributed by atoms with van der Waals surface area (Å²) in [6.07, 6.45) is 1.66. The Morgan fingerprint density at radius 1 is 1.47 bits per heavy atom. The van der Waals surface area contributed by atoms with E-state index < -0.39 is 6.04 Å². The number of thiazole rings is 1. The molecule has 0 amide bonds. The maximum absolute atomic E-state index is 13.0. The number of aromatic nitrogens is 1. The standard InChI is InChI=1S/C10H8ClFN2S/c11-8-2-1-6(12)3-7(8)10(13)9-4-14-5-15-9/h1-5,10H,13H2. The van der Waals surface area contributed by atoms with E-state index in [0.717, 1.165) is 4.88 Å². The quantitative estimate of drug-likeness (QED) is 0.879. The molecule has 1 aromatic heterocycles. The predicted molar refractivity (Wildman–Crippen MR) is 59.6 cm³/mol. The van der Waals surface area contributed by atoms with Crippen LogP contribution in [0.25, 0.3) is 0 Å². The zero-order chi connectivity index (χ0) is 10.8. The molecule has 1 unspecified atom stereocenters. The highest BCUT2D eigenvalue weighted by Crippen LogP contribution is 2.28. The van der Waals surface area contributed by atoms with Crippen LogP contribution in [0.1, 0.15) is 16.5 Å². The normalized spacial score (nSPS) is 12.7. The van der Waals surface area contributed by atoms with Gasteiger partial charge in [0.25, 0.3) is 0 Å². The molecule has 2 aromatic rings. The van der Waals surface area contributed by atoms with Gasteiger partial charge in [0.15, 0.2) is 0 Å². The van der Waals surface area contributed by atoms with Crippen molar-refractivity contribution in [3.05, 3.63) is 51.2 Å². The fourth-order valence-electron chi connectivity index (χ4n) is 1.29. The van der Waals surface area contributed by atoms with Gasteiger partial charge in [-0.15, -0.1) is 11.3 Å². The second-order valence-corrected chi connectivity index (χ2v) is 4.37. The monoisotopic (exact) mass is 242 g/mol. The van der Waals surface area contributed by atoms with Crippen LogP contribution in [0.2, 0.25) is 5.02 Å². The molecule has 78 valence electrons. The molecule has 0 aliphatic carbocycles. The number of benzene rings is 1. The lowest BCUT2D eigenvalue weighted by molar-refractivity contribution is 0.624. The van der Waals surface area contributed by atoms with Crippen LogP contribution in [0.15, 0.2) is 29.9 Å².